The quantitative estimate of drug-likeness (QED) is 0.899. The van der Waals surface area contributed by atoms with Crippen molar-refractivity contribution in [3.05, 3.63) is 35.7 Å². The maximum absolute atomic E-state index is 5.66. The summed E-state index contributed by atoms with van der Waals surface area (Å²) in [6, 6.07) is 8.03. The predicted octanol–water partition coefficient (Wildman–Crippen LogP) is 2.38. The van der Waals surface area contributed by atoms with Crippen molar-refractivity contribution in [2.24, 2.45) is 5.73 Å². The lowest BCUT2D eigenvalue weighted by atomic mass is 9.90. The molecule has 2 N–H and O–H groups in total. The van der Waals surface area contributed by atoms with Gasteiger partial charge in [-0.05, 0) is 18.4 Å². The molecule has 2 fully saturated rings. The number of aromatic nitrogens is 2. The normalized spacial score (nSPS) is 20.8. The molecule has 2 aliphatic rings. The molecule has 0 spiro atoms. The van der Waals surface area contributed by atoms with E-state index in [4.69, 9.17) is 15.0 Å². The average molecular weight is 342 g/mol. The topological polar surface area (TPSA) is 77.4 Å². The zero-order valence-corrected chi connectivity index (χ0v) is 14.6. The Morgan fingerprint density at radius 2 is 1.80 bits per heavy atom. The van der Waals surface area contributed by atoms with Gasteiger partial charge in [-0.1, -0.05) is 42.3 Å². The molecular weight excluding hydrogens is 316 g/mol. The zero-order valence-electron chi connectivity index (χ0n) is 14.6. The van der Waals surface area contributed by atoms with E-state index in [1.165, 1.54) is 25.7 Å². The Labute approximate surface area is 148 Å². The van der Waals surface area contributed by atoms with Crippen molar-refractivity contribution in [2.45, 2.75) is 44.2 Å². The fourth-order valence-electron chi connectivity index (χ4n) is 4.19. The van der Waals surface area contributed by atoms with Gasteiger partial charge in [-0.15, -0.1) is 0 Å². The number of nitrogens with zero attached hydrogens (tertiary/aromatic N) is 3. The molecule has 0 bridgehead atoms. The van der Waals surface area contributed by atoms with Crippen LogP contribution < -0.4 is 5.73 Å². The van der Waals surface area contributed by atoms with Gasteiger partial charge in [0.1, 0.15) is 0 Å². The van der Waals surface area contributed by atoms with Crippen molar-refractivity contribution < 1.29 is 9.26 Å². The minimum Gasteiger partial charge on any atom is -0.379 e. The molecule has 1 aromatic heterocycles. The molecule has 25 heavy (non-hydrogen) atoms. The first-order valence-corrected chi connectivity index (χ1v) is 9.24. The molecule has 0 atom stereocenters. The van der Waals surface area contributed by atoms with E-state index >= 15 is 0 Å². The molecule has 0 amide bonds. The first kappa shape index (κ1) is 16.7. The van der Waals surface area contributed by atoms with E-state index < -0.39 is 0 Å². The van der Waals surface area contributed by atoms with E-state index in [9.17, 15) is 0 Å². The lowest BCUT2D eigenvalue weighted by Gasteiger charge is -2.42. The van der Waals surface area contributed by atoms with Crippen LogP contribution in [0, 0.1) is 0 Å². The van der Waals surface area contributed by atoms with Crippen molar-refractivity contribution in [1.82, 2.24) is 15.0 Å². The van der Waals surface area contributed by atoms with Crippen LogP contribution in [0.5, 0.6) is 0 Å². The highest BCUT2D eigenvalue weighted by molar-refractivity contribution is 5.54. The van der Waals surface area contributed by atoms with Gasteiger partial charge in [0.15, 0.2) is 0 Å². The van der Waals surface area contributed by atoms with Gasteiger partial charge in [-0.3, -0.25) is 4.90 Å². The Balaban J connectivity index is 1.52. The summed E-state index contributed by atoms with van der Waals surface area (Å²) in [7, 11) is 0. The van der Waals surface area contributed by atoms with Gasteiger partial charge in [0, 0.05) is 37.2 Å². The van der Waals surface area contributed by atoms with Crippen molar-refractivity contribution in [1.29, 1.82) is 0 Å². The highest BCUT2D eigenvalue weighted by atomic mass is 16.5. The number of benzene rings is 1. The molecule has 134 valence electrons. The number of hydrogen-bond acceptors (Lipinski definition) is 6. The third-order valence-electron chi connectivity index (χ3n) is 5.61. The minimum atomic E-state index is 0.164. The van der Waals surface area contributed by atoms with Crippen LogP contribution in [0.1, 0.15) is 37.1 Å². The number of hydrogen-bond donors (Lipinski definition) is 1. The van der Waals surface area contributed by atoms with Crippen LogP contribution in [-0.4, -0.2) is 46.9 Å². The van der Waals surface area contributed by atoms with Crippen molar-refractivity contribution in [2.75, 3.05) is 26.3 Å². The smallest absolute Gasteiger partial charge is 0.228 e. The number of rotatable bonds is 5. The van der Waals surface area contributed by atoms with Crippen LogP contribution in [0.25, 0.3) is 11.4 Å². The highest BCUT2D eigenvalue weighted by Crippen LogP contribution is 2.38. The van der Waals surface area contributed by atoms with Gasteiger partial charge in [-0.2, -0.15) is 4.98 Å². The summed E-state index contributed by atoms with van der Waals surface area (Å²) in [5.74, 6) is 1.40. The third-order valence-corrected chi connectivity index (χ3v) is 5.61. The van der Waals surface area contributed by atoms with E-state index in [-0.39, 0.29) is 5.54 Å². The van der Waals surface area contributed by atoms with Gasteiger partial charge in [0.25, 0.3) is 0 Å². The van der Waals surface area contributed by atoms with E-state index in [2.05, 4.69) is 15.0 Å². The van der Waals surface area contributed by atoms with Crippen molar-refractivity contribution in [3.63, 3.8) is 0 Å². The Morgan fingerprint density at radius 1 is 1.08 bits per heavy atom. The second kappa shape index (κ2) is 7.23. The molecule has 0 unspecified atom stereocenters. The summed E-state index contributed by atoms with van der Waals surface area (Å²) < 4.78 is 11.1. The Kier molecular flexibility index (Phi) is 4.83. The van der Waals surface area contributed by atoms with Crippen LogP contribution in [0.3, 0.4) is 0 Å². The number of ether oxygens (including phenoxy) is 1. The van der Waals surface area contributed by atoms with Crippen LogP contribution in [0.15, 0.2) is 28.8 Å². The first-order chi connectivity index (χ1) is 12.3. The van der Waals surface area contributed by atoms with Crippen molar-refractivity contribution in [3.8, 4) is 11.4 Å². The molecule has 1 saturated heterocycles. The lowest BCUT2D eigenvalue weighted by molar-refractivity contribution is -0.0232. The Bertz CT molecular complexity index is 686. The standard InChI is InChI=1S/C19H26N4O2/c20-14-15-3-5-16(6-4-15)18-21-17(25-22-18)13-19(7-1-2-8-19)23-9-11-24-12-10-23/h3-6H,1-2,7-14,20H2. The summed E-state index contributed by atoms with van der Waals surface area (Å²) >= 11 is 0. The summed E-state index contributed by atoms with van der Waals surface area (Å²) in [5.41, 5.74) is 7.89. The number of morpholine rings is 1. The molecule has 2 heterocycles. The SMILES string of the molecule is NCc1ccc(-c2noc(CC3(N4CCOCC4)CCCC3)n2)cc1. The van der Waals surface area contributed by atoms with Gasteiger partial charge in [0.05, 0.1) is 13.2 Å². The molecule has 2 aromatic rings. The monoisotopic (exact) mass is 342 g/mol. The second-order valence-corrected chi connectivity index (χ2v) is 7.12. The molecule has 1 saturated carbocycles. The van der Waals surface area contributed by atoms with Crippen molar-refractivity contribution >= 4 is 0 Å². The van der Waals surface area contributed by atoms with Crippen LogP contribution >= 0.6 is 0 Å². The highest BCUT2D eigenvalue weighted by Gasteiger charge is 2.41. The number of nitrogens with two attached hydrogens (primary N) is 1. The zero-order chi connectivity index (χ0) is 17.1. The van der Waals surface area contributed by atoms with Crippen LogP contribution in [0.4, 0.5) is 0 Å². The molecule has 1 aliphatic heterocycles. The average Bonchev–Trinajstić information content (AvgIpc) is 3.33. The maximum Gasteiger partial charge on any atom is 0.228 e. The summed E-state index contributed by atoms with van der Waals surface area (Å²) in [5, 5.41) is 4.20. The largest absolute Gasteiger partial charge is 0.379 e. The maximum atomic E-state index is 5.66. The summed E-state index contributed by atoms with van der Waals surface area (Å²) in [6.45, 7) is 4.19. The van der Waals surface area contributed by atoms with Gasteiger partial charge >= 0.3 is 0 Å². The van der Waals surface area contributed by atoms with Gasteiger partial charge in [0.2, 0.25) is 11.7 Å². The third kappa shape index (κ3) is 3.47. The lowest BCUT2D eigenvalue weighted by Crippen LogP contribution is -2.53. The van der Waals surface area contributed by atoms with Crippen LogP contribution in [0.2, 0.25) is 0 Å². The Hall–Kier alpha value is -1.76. The molecule has 0 radical (unpaired) electrons. The van der Waals surface area contributed by atoms with E-state index in [1.807, 2.05) is 24.3 Å². The van der Waals surface area contributed by atoms with Crippen LogP contribution in [-0.2, 0) is 17.7 Å². The van der Waals surface area contributed by atoms with E-state index in [1.54, 1.807) is 0 Å². The molecule has 6 heteroatoms. The molecule has 1 aromatic carbocycles. The Morgan fingerprint density at radius 3 is 2.48 bits per heavy atom. The molecule has 4 rings (SSSR count). The van der Waals surface area contributed by atoms with Gasteiger partial charge in [-0.25, -0.2) is 0 Å². The molecule has 1 aliphatic carbocycles. The fourth-order valence-corrected chi connectivity index (χ4v) is 4.19. The minimum absolute atomic E-state index is 0.164. The van der Waals surface area contributed by atoms with E-state index in [0.29, 0.717) is 12.4 Å². The molecule has 6 nitrogen and oxygen atoms in total. The summed E-state index contributed by atoms with van der Waals surface area (Å²) in [4.78, 5) is 7.26. The van der Waals surface area contributed by atoms with Gasteiger partial charge < -0.3 is 15.0 Å². The fraction of sp³-hybridized carbons (Fsp3) is 0.579. The second-order valence-electron chi connectivity index (χ2n) is 7.12. The summed E-state index contributed by atoms with van der Waals surface area (Å²) in [6.07, 6.45) is 5.80. The van der Waals surface area contributed by atoms with E-state index in [0.717, 1.165) is 49.7 Å². The molecular formula is C19H26N4O2. The predicted molar refractivity (Wildman–Crippen MR) is 94.9 cm³/mol. The first-order valence-electron chi connectivity index (χ1n) is 9.24.